The van der Waals surface area contributed by atoms with Gasteiger partial charge in [-0.2, -0.15) is 0 Å². The molecule has 2 atom stereocenters. The molecule has 1 aromatic carbocycles. The number of alkyl halides is 2. The summed E-state index contributed by atoms with van der Waals surface area (Å²) in [5.41, 5.74) is 6.19. The van der Waals surface area contributed by atoms with Crippen LogP contribution in [0.25, 0.3) is 0 Å². The molecule has 1 aromatic rings. The van der Waals surface area contributed by atoms with Crippen LogP contribution < -0.4 is 11.1 Å². The van der Waals surface area contributed by atoms with Gasteiger partial charge in [-0.1, -0.05) is 25.7 Å². The van der Waals surface area contributed by atoms with Crippen molar-refractivity contribution in [3.8, 4) is 11.8 Å². The number of hydrogen-bond acceptors (Lipinski definition) is 2. The zero-order chi connectivity index (χ0) is 22.0. The molecule has 1 aliphatic carbocycles. The predicted octanol–water partition coefficient (Wildman–Crippen LogP) is 4.15. The summed E-state index contributed by atoms with van der Waals surface area (Å²) < 4.78 is 25.7. The van der Waals surface area contributed by atoms with Gasteiger partial charge in [-0.05, 0) is 55.9 Å². The number of carbonyl (C=O) groups is 2. The highest BCUT2D eigenvalue weighted by Crippen LogP contribution is 2.27. The molecule has 0 radical (unpaired) electrons. The standard InChI is InChI=1S/C21H26F2N2O2.C2H4/c1-13-3-5-15(6-4-13)7-8-16-9-11-17(12-10-16)21(27)25-18(20(24)26)14(2)19(22)23;1-2/h9-15,18-19H,3-6H2,1-2H3,(H2,24,26)(H,25,27);1-2H2. The molecule has 158 valence electrons. The molecule has 0 heterocycles. The quantitative estimate of drug-likeness (QED) is 0.572. The van der Waals surface area contributed by atoms with E-state index in [4.69, 9.17) is 5.73 Å². The highest BCUT2D eigenvalue weighted by molar-refractivity contribution is 5.97. The Bertz CT molecular complexity index is 729. The monoisotopic (exact) mass is 404 g/mol. The number of primary amides is 1. The third-order valence-corrected chi connectivity index (χ3v) is 5.10. The lowest BCUT2D eigenvalue weighted by Gasteiger charge is -2.22. The van der Waals surface area contributed by atoms with Crippen LogP contribution >= 0.6 is 0 Å². The van der Waals surface area contributed by atoms with Crippen molar-refractivity contribution in [2.45, 2.75) is 52.0 Å². The minimum atomic E-state index is -2.76. The van der Waals surface area contributed by atoms with E-state index < -0.39 is 30.2 Å². The maximum atomic E-state index is 12.8. The lowest BCUT2D eigenvalue weighted by Crippen LogP contribution is -2.50. The molecule has 1 fully saturated rings. The molecule has 4 nitrogen and oxygen atoms in total. The van der Waals surface area contributed by atoms with Gasteiger partial charge < -0.3 is 11.1 Å². The normalized spacial score (nSPS) is 20.3. The molecule has 2 rings (SSSR count). The first-order valence-electron chi connectivity index (χ1n) is 9.78. The summed E-state index contributed by atoms with van der Waals surface area (Å²) in [6.45, 7) is 9.43. The van der Waals surface area contributed by atoms with Crippen LogP contribution in [-0.2, 0) is 4.79 Å². The number of nitrogens with two attached hydrogens (primary N) is 1. The average molecular weight is 405 g/mol. The van der Waals surface area contributed by atoms with E-state index in [1.807, 2.05) is 0 Å². The minimum absolute atomic E-state index is 0.264. The summed E-state index contributed by atoms with van der Waals surface area (Å²) in [7, 11) is 0. The molecule has 0 aromatic heterocycles. The van der Waals surface area contributed by atoms with Gasteiger partial charge in [-0.15, -0.1) is 13.2 Å². The van der Waals surface area contributed by atoms with Crippen LogP contribution in [0.4, 0.5) is 8.78 Å². The summed E-state index contributed by atoms with van der Waals surface area (Å²) in [6, 6.07) is 5.12. The van der Waals surface area contributed by atoms with Gasteiger partial charge in [0.2, 0.25) is 12.3 Å². The van der Waals surface area contributed by atoms with Crippen molar-refractivity contribution < 1.29 is 18.4 Å². The number of amides is 2. The van der Waals surface area contributed by atoms with Crippen LogP contribution in [0.3, 0.4) is 0 Å². The zero-order valence-corrected chi connectivity index (χ0v) is 17.1. The van der Waals surface area contributed by atoms with Crippen molar-refractivity contribution in [2.75, 3.05) is 0 Å². The van der Waals surface area contributed by atoms with Crippen molar-refractivity contribution >= 4 is 11.8 Å². The highest BCUT2D eigenvalue weighted by atomic mass is 19.3. The fourth-order valence-corrected chi connectivity index (χ4v) is 3.13. The molecule has 0 bridgehead atoms. The van der Waals surface area contributed by atoms with Gasteiger partial charge in [0.15, 0.2) is 0 Å². The third kappa shape index (κ3) is 7.69. The summed E-state index contributed by atoms with van der Waals surface area (Å²) >= 11 is 0. The Balaban J connectivity index is 0.00000204. The van der Waals surface area contributed by atoms with Crippen LogP contribution in [0.15, 0.2) is 37.4 Å². The van der Waals surface area contributed by atoms with Gasteiger partial charge in [-0.25, -0.2) is 8.78 Å². The van der Waals surface area contributed by atoms with E-state index in [2.05, 4.69) is 37.2 Å². The summed E-state index contributed by atoms with van der Waals surface area (Å²) in [5, 5.41) is 2.29. The Morgan fingerprint density at radius 1 is 1.14 bits per heavy atom. The predicted molar refractivity (Wildman–Crippen MR) is 111 cm³/mol. The molecule has 2 amide bonds. The van der Waals surface area contributed by atoms with Gasteiger partial charge in [-0.3, -0.25) is 9.59 Å². The molecule has 6 heteroatoms. The lowest BCUT2D eigenvalue weighted by atomic mass is 9.83. The molecular weight excluding hydrogens is 374 g/mol. The van der Waals surface area contributed by atoms with E-state index >= 15 is 0 Å². The second-order valence-corrected chi connectivity index (χ2v) is 7.35. The molecule has 0 saturated heterocycles. The van der Waals surface area contributed by atoms with E-state index in [0.717, 1.165) is 24.3 Å². The number of halogens is 2. The number of carbonyl (C=O) groups excluding carboxylic acids is 2. The minimum Gasteiger partial charge on any atom is -0.368 e. The number of hydrogen-bond donors (Lipinski definition) is 2. The van der Waals surface area contributed by atoms with Crippen molar-refractivity contribution in [3.63, 3.8) is 0 Å². The third-order valence-electron chi connectivity index (χ3n) is 5.10. The van der Waals surface area contributed by atoms with Crippen LogP contribution in [0.5, 0.6) is 0 Å². The first-order valence-corrected chi connectivity index (χ1v) is 9.78. The topological polar surface area (TPSA) is 72.2 Å². The van der Waals surface area contributed by atoms with Crippen molar-refractivity contribution in [1.82, 2.24) is 5.32 Å². The SMILES string of the molecule is C=C.CC1CCC(C#Cc2ccc(C(=O)NC(C(N)=O)C(C)C(F)F)cc2)CC1. The second-order valence-electron chi connectivity index (χ2n) is 7.35. The molecule has 1 aliphatic rings. The van der Waals surface area contributed by atoms with E-state index in [1.165, 1.54) is 19.8 Å². The van der Waals surface area contributed by atoms with Gasteiger partial charge in [0.1, 0.15) is 6.04 Å². The molecule has 29 heavy (non-hydrogen) atoms. The molecule has 1 saturated carbocycles. The van der Waals surface area contributed by atoms with Crippen LogP contribution in [-0.4, -0.2) is 24.3 Å². The Hall–Kier alpha value is -2.68. The Morgan fingerprint density at radius 3 is 2.17 bits per heavy atom. The maximum Gasteiger partial charge on any atom is 0.251 e. The van der Waals surface area contributed by atoms with Gasteiger partial charge in [0.25, 0.3) is 5.91 Å². The van der Waals surface area contributed by atoms with E-state index in [1.54, 1.807) is 24.3 Å². The molecule has 0 spiro atoms. The van der Waals surface area contributed by atoms with Crippen molar-refractivity contribution in [1.29, 1.82) is 0 Å². The first kappa shape index (κ1) is 24.4. The van der Waals surface area contributed by atoms with Crippen molar-refractivity contribution in [2.24, 2.45) is 23.5 Å². The zero-order valence-electron chi connectivity index (χ0n) is 17.1. The molecule has 3 N–H and O–H groups in total. The average Bonchev–Trinajstić information content (AvgIpc) is 2.72. The van der Waals surface area contributed by atoms with Crippen molar-refractivity contribution in [3.05, 3.63) is 48.6 Å². The van der Waals surface area contributed by atoms with Gasteiger partial charge >= 0.3 is 0 Å². The molecule has 2 unspecified atom stereocenters. The lowest BCUT2D eigenvalue weighted by molar-refractivity contribution is -0.122. The Kier molecular flexibility index (Phi) is 10.1. The van der Waals surface area contributed by atoms with E-state index in [0.29, 0.717) is 5.92 Å². The number of benzene rings is 1. The first-order chi connectivity index (χ1) is 13.8. The molecule has 0 aliphatic heterocycles. The van der Waals surface area contributed by atoms with Crippen LogP contribution in [0.1, 0.15) is 55.5 Å². The van der Waals surface area contributed by atoms with Crippen LogP contribution in [0.2, 0.25) is 0 Å². The number of rotatable bonds is 5. The second kappa shape index (κ2) is 12.0. The molecular formula is C23H30F2N2O2. The number of nitrogens with one attached hydrogen (secondary N) is 1. The van der Waals surface area contributed by atoms with Crippen LogP contribution in [0, 0.1) is 29.6 Å². The highest BCUT2D eigenvalue weighted by Gasteiger charge is 2.31. The summed E-state index contributed by atoms with van der Waals surface area (Å²) in [6.07, 6.45) is 1.88. The van der Waals surface area contributed by atoms with E-state index in [9.17, 15) is 18.4 Å². The van der Waals surface area contributed by atoms with E-state index in [-0.39, 0.29) is 5.56 Å². The summed E-state index contributed by atoms with van der Waals surface area (Å²) in [4.78, 5) is 23.6. The van der Waals surface area contributed by atoms with Gasteiger partial charge in [0.05, 0.1) is 0 Å². The fraction of sp³-hybridized carbons (Fsp3) is 0.478. The Morgan fingerprint density at radius 2 is 1.69 bits per heavy atom. The smallest absolute Gasteiger partial charge is 0.251 e. The Labute approximate surface area is 171 Å². The largest absolute Gasteiger partial charge is 0.368 e. The summed E-state index contributed by atoms with van der Waals surface area (Å²) in [5.74, 6) is 4.64. The fourth-order valence-electron chi connectivity index (χ4n) is 3.13. The maximum absolute atomic E-state index is 12.8. The van der Waals surface area contributed by atoms with Gasteiger partial charge in [0, 0.05) is 23.0 Å².